The third-order valence-electron chi connectivity index (χ3n) is 6.40. The van der Waals surface area contributed by atoms with E-state index in [-0.39, 0.29) is 17.2 Å². The van der Waals surface area contributed by atoms with Crippen LogP contribution >= 0.6 is 0 Å². The Balaban J connectivity index is 1.32. The summed E-state index contributed by atoms with van der Waals surface area (Å²) in [4.78, 5) is 27.7. The number of ketones is 1. The summed E-state index contributed by atoms with van der Waals surface area (Å²) in [6.07, 6.45) is 5.16. The van der Waals surface area contributed by atoms with E-state index < -0.39 is 5.60 Å². The lowest BCUT2D eigenvalue weighted by Gasteiger charge is -2.43. The van der Waals surface area contributed by atoms with Crippen molar-refractivity contribution < 1.29 is 14.3 Å². The average Bonchev–Trinajstić information content (AvgIpc) is 3.32. The van der Waals surface area contributed by atoms with E-state index >= 15 is 0 Å². The smallest absolute Gasteiger partial charge is 0.253 e. The van der Waals surface area contributed by atoms with Crippen molar-refractivity contribution in [2.24, 2.45) is 7.05 Å². The summed E-state index contributed by atoms with van der Waals surface area (Å²) in [6, 6.07) is 5.67. The van der Waals surface area contributed by atoms with Crippen LogP contribution in [0.25, 0.3) is 10.9 Å². The van der Waals surface area contributed by atoms with Crippen LogP contribution in [0.2, 0.25) is 0 Å². The van der Waals surface area contributed by atoms with Gasteiger partial charge in [-0.3, -0.25) is 19.0 Å². The van der Waals surface area contributed by atoms with Gasteiger partial charge in [0.05, 0.1) is 29.9 Å². The zero-order valence-corrected chi connectivity index (χ0v) is 18.4. The Kier molecular flexibility index (Phi) is 4.26. The number of aryl methyl sites for hydroxylation is 1. The van der Waals surface area contributed by atoms with Gasteiger partial charge in [-0.15, -0.1) is 0 Å². The molecule has 0 bridgehead atoms. The Hall–Kier alpha value is -3.16. The fraction of sp³-hybridized carbons (Fsp3) is 0.478. The van der Waals surface area contributed by atoms with Crippen LogP contribution in [0.15, 0.2) is 30.6 Å². The standard InChI is InChI=1S/C23H27N5O3/c1-22(2,3)28-14-19-20(25-28)18(29)12-23(31-19)7-9-27(10-8-23)21(30)15-5-6-17-16(11-15)13-24-26(17)4/h5-6,11,13-14H,7-10,12H2,1-4H3. The molecular formula is C23H27N5O3. The summed E-state index contributed by atoms with van der Waals surface area (Å²) < 4.78 is 9.93. The SMILES string of the molecule is Cn1ncc2cc(C(=O)N3CCC4(CC3)CC(=O)c3nn(C(C)(C)C)cc3O4)ccc21. The molecule has 1 aromatic carbocycles. The first-order chi connectivity index (χ1) is 14.7. The van der Waals surface area contributed by atoms with Gasteiger partial charge in [0.15, 0.2) is 17.2 Å². The average molecular weight is 422 g/mol. The maximum Gasteiger partial charge on any atom is 0.253 e. The van der Waals surface area contributed by atoms with Crippen molar-refractivity contribution in [3.05, 3.63) is 41.9 Å². The molecule has 1 fully saturated rings. The third-order valence-corrected chi connectivity index (χ3v) is 6.40. The lowest BCUT2D eigenvalue weighted by molar-refractivity contribution is -0.00585. The summed E-state index contributed by atoms with van der Waals surface area (Å²) in [5.41, 5.74) is 1.30. The van der Waals surface area contributed by atoms with Gasteiger partial charge in [0, 0.05) is 43.9 Å². The fourth-order valence-corrected chi connectivity index (χ4v) is 4.49. The number of carbonyl (C=O) groups is 2. The van der Waals surface area contributed by atoms with Gasteiger partial charge in [0.2, 0.25) is 0 Å². The van der Waals surface area contributed by atoms with Crippen LogP contribution in [0.1, 0.15) is 60.9 Å². The molecule has 0 atom stereocenters. The number of piperidine rings is 1. The second kappa shape index (κ2) is 6.67. The molecule has 8 heteroatoms. The van der Waals surface area contributed by atoms with Crippen molar-refractivity contribution in [1.29, 1.82) is 0 Å². The molecule has 8 nitrogen and oxygen atoms in total. The number of rotatable bonds is 1. The highest BCUT2D eigenvalue weighted by Crippen LogP contribution is 2.39. The van der Waals surface area contributed by atoms with E-state index in [1.54, 1.807) is 15.6 Å². The minimum atomic E-state index is -0.556. The van der Waals surface area contributed by atoms with Gasteiger partial charge in [0.25, 0.3) is 5.91 Å². The maximum absolute atomic E-state index is 13.1. The van der Waals surface area contributed by atoms with E-state index in [4.69, 9.17) is 4.74 Å². The molecule has 2 aliphatic rings. The van der Waals surface area contributed by atoms with Gasteiger partial charge < -0.3 is 9.64 Å². The van der Waals surface area contributed by atoms with Crippen LogP contribution in [0, 0.1) is 0 Å². The summed E-state index contributed by atoms with van der Waals surface area (Å²) in [7, 11) is 1.88. The van der Waals surface area contributed by atoms with E-state index in [0.29, 0.717) is 49.4 Å². The molecule has 31 heavy (non-hydrogen) atoms. The Morgan fingerprint density at radius 2 is 1.94 bits per heavy atom. The largest absolute Gasteiger partial charge is 0.483 e. The van der Waals surface area contributed by atoms with Crippen molar-refractivity contribution >= 4 is 22.6 Å². The summed E-state index contributed by atoms with van der Waals surface area (Å²) in [6.45, 7) is 7.23. The van der Waals surface area contributed by atoms with Gasteiger partial charge in [0.1, 0.15) is 5.60 Å². The summed E-state index contributed by atoms with van der Waals surface area (Å²) in [5, 5.41) is 9.66. The van der Waals surface area contributed by atoms with Crippen LogP contribution in [-0.2, 0) is 12.6 Å². The van der Waals surface area contributed by atoms with Crippen molar-refractivity contribution in [1.82, 2.24) is 24.5 Å². The molecule has 0 radical (unpaired) electrons. The monoisotopic (exact) mass is 421 g/mol. The number of ether oxygens (including phenoxy) is 1. The number of benzene rings is 1. The van der Waals surface area contributed by atoms with Gasteiger partial charge in [-0.25, -0.2) is 0 Å². The second-order valence-corrected chi connectivity index (χ2v) is 9.68. The maximum atomic E-state index is 13.1. The van der Waals surface area contributed by atoms with Crippen LogP contribution < -0.4 is 4.74 Å². The topological polar surface area (TPSA) is 82.3 Å². The molecule has 0 aliphatic carbocycles. The number of aromatic nitrogens is 4. The van der Waals surface area contributed by atoms with Crippen molar-refractivity contribution in [3.8, 4) is 5.75 Å². The first-order valence-electron chi connectivity index (χ1n) is 10.7. The predicted octanol–water partition coefficient (Wildman–Crippen LogP) is 3.17. The number of hydrogen-bond donors (Lipinski definition) is 0. The minimum Gasteiger partial charge on any atom is -0.483 e. The van der Waals surface area contributed by atoms with Crippen molar-refractivity contribution in [3.63, 3.8) is 0 Å². The Morgan fingerprint density at radius 1 is 1.19 bits per heavy atom. The number of carbonyl (C=O) groups excluding carboxylic acids is 2. The molecule has 1 amide bonds. The van der Waals surface area contributed by atoms with Crippen LogP contribution in [0.4, 0.5) is 0 Å². The molecular weight excluding hydrogens is 394 g/mol. The summed E-state index contributed by atoms with van der Waals surface area (Å²) >= 11 is 0. The second-order valence-electron chi connectivity index (χ2n) is 9.68. The number of likely N-dealkylation sites (tertiary alicyclic amines) is 1. The molecule has 2 aliphatic heterocycles. The summed E-state index contributed by atoms with van der Waals surface area (Å²) in [5.74, 6) is 0.586. The molecule has 2 aromatic heterocycles. The van der Waals surface area contributed by atoms with Crippen molar-refractivity contribution in [2.45, 2.75) is 51.2 Å². The van der Waals surface area contributed by atoms with Crippen LogP contribution in [0.3, 0.4) is 0 Å². The Morgan fingerprint density at radius 3 is 2.65 bits per heavy atom. The van der Waals surface area contributed by atoms with Gasteiger partial charge >= 0.3 is 0 Å². The highest BCUT2D eigenvalue weighted by molar-refractivity contribution is 5.99. The first kappa shape index (κ1) is 19.8. The van der Waals surface area contributed by atoms with E-state index in [1.165, 1.54) is 0 Å². The van der Waals surface area contributed by atoms with Crippen molar-refractivity contribution in [2.75, 3.05) is 13.1 Å². The molecule has 0 N–H and O–H groups in total. The van der Waals surface area contributed by atoms with E-state index in [2.05, 4.69) is 10.2 Å². The quantitative estimate of drug-likeness (QED) is 0.603. The zero-order valence-electron chi connectivity index (χ0n) is 18.4. The highest BCUT2D eigenvalue weighted by atomic mass is 16.5. The molecule has 5 rings (SSSR count). The van der Waals surface area contributed by atoms with E-state index in [1.807, 2.05) is 57.1 Å². The number of hydrogen-bond acceptors (Lipinski definition) is 5. The molecule has 3 aromatic rings. The highest BCUT2D eigenvalue weighted by Gasteiger charge is 2.45. The van der Waals surface area contributed by atoms with Gasteiger partial charge in [-0.1, -0.05) is 0 Å². The lowest BCUT2D eigenvalue weighted by Crippen LogP contribution is -2.52. The van der Waals surface area contributed by atoms with Crippen LogP contribution in [0.5, 0.6) is 5.75 Å². The molecule has 0 saturated carbocycles. The number of Topliss-reactive ketones (excluding diaryl/α,β-unsaturated/α-hetero) is 1. The van der Waals surface area contributed by atoms with Gasteiger partial charge in [-0.2, -0.15) is 10.2 Å². The lowest BCUT2D eigenvalue weighted by atomic mass is 9.83. The van der Waals surface area contributed by atoms with E-state index in [0.717, 1.165) is 10.9 Å². The normalized spacial score (nSPS) is 18.3. The molecule has 4 heterocycles. The minimum absolute atomic E-state index is 0.00369. The van der Waals surface area contributed by atoms with Crippen LogP contribution in [-0.4, -0.2) is 54.8 Å². The third kappa shape index (κ3) is 3.30. The molecule has 1 saturated heterocycles. The fourth-order valence-electron chi connectivity index (χ4n) is 4.49. The zero-order chi connectivity index (χ0) is 22.0. The Labute approximate surface area is 180 Å². The Bertz CT molecular complexity index is 1190. The number of amides is 1. The number of fused-ring (bicyclic) bond motifs is 2. The first-order valence-corrected chi connectivity index (χ1v) is 10.7. The van der Waals surface area contributed by atoms with Gasteiger partial charge in [-0.05, 0) is 39.0 Å². The number of nitrogens with zero attached hydrogens (tertiary/aromatic N) is 5. The molecule has 1 spiro atoms. The molecule has 0 unspecified atom stereocenters. The predicted molar refractivity (Wildman–Crippen MR) is 115 cm³/mol. The van der Waals surface area contributed by atoms with E-state index in [9.17, 15) is 9.59 Å². The molecule has 162 valence electrons.